The van der Waals surface area contributed by atoms with Crippen molar-refractivity contribution in [1.29, 1.82) is 0 Å². The number of nitrogen functional groups attached to an aromatic ring is 1. The molecule has 3 N–H and O–H groups in total. The van der Waals surface area contributed by atoms with Gasteiger partial charge in [0, 0.05) is 13.2 Å². The van der Waals surface area contributed by atoms with Gasteiger partial charge in [0.2, 0.25) is 0 Å². The predicted molar refractivity (Wildman–Crippen MR) is 124 cm³/mol. The Kier molecular flexibility index (Phi) is 6.90. The highest BCUT2D eigenvalue weighted by Gasteiger charge is 2.32. The molecule has 1 atom stereocenters. The zero-order valence-electron chi connectivity index (χ0n) is 18.2. The molecule has 1 fully saturated rings. The third-order valence-electron chi connectivity index (χ3n) is 6.18. The summed E-state index contributed by atoms with van der Waals surface area (Å²) in [5, 5.41) is 0. The van der Waals surface area contributed by atoms with Crippen LogP contribution in [0.15, 0.2) is 51.6 Å². The summed E-state index contributed by atoms with van der Waals surface area (Å²) in [5.74, 6) is -0.285. The van der Waals surface area contributed by atoms with Gasteiger partial charge in [-0.25, -0.2) is 4.79 Å². The number of carbonyl (C=O) groups is 1. The lowest BCUT2D eigenvalue weighted by Crippen LogP contribution is -2.45. The smallest absolute Gasteiger partial charge is 0.330 e. The molecule has 4 rings (SSSR count). The molecular weight excluding hydrogens is 408 g/mol. The minimum absolute atomic E-state index is 0.00780. The molecule has 1 unspecified atom stereocenters. The quantitative estimate of drug-likeness (QED) is 0.646. The zero-order chi connectivity index (χ0) is 22.5. The number of nitrogens with zero attached hydrogens (tertiary/aromatic N) is 2. The molecule has 1 saturated heterocycles. The van der Waals surface area contributed by atoms with Crippen molar-refractivity contribution in [3.8, 4) is 0 Å². The highest BCUT2D eigenvalue weighted by atomic mass is 16.5. The largest absolute Gasteiger partial charge is 0.383 e. The molecule has 32 heavy (non-hydrogen) atoms. The molecule has 170 valence electrons. The number of allylic oxidation sites excluding steroid dienone is 1. The van der Waals surface area contributed by atoms with E-state index in [-0.39, 0.29) is 24.0 Å². The number of nitrogens with one attached hydrogen (secondary N) is 1. The summed E-state index contributed by atoms with van der Waals surface area (Å²) >= 11 is 0. The first-order chi connectivity index (χ1) is 15.5. The van der Waals surface area contributed by atoms with Crippen molar-refractivity contribution in [3.63, 3.8) is 0 Å². The average molecular weight is 439 g/mol. The van der Waals surface area contributed by atoms with Gasteiger partial charge in [0.1, 0.15) is 11.9 Å². The molecule has 0 radical (unpaired) electrons. The number of H-pyrrole nitrogens is 1. The van der Waals surface area contributed by atoms with Crippen molar-refractivity contribution >= 4 is 17.4 Å². The van der Waals surface area contributed by atoms with Gasteiger partial charge in [0.05, 0.1) is 6.54 Å². The monoisotopic (exact) mass is 438 g/mol. The third kappa shape index (κ3) is 4.85. The van der Waals surface area contributed by atoms with Crippen LogP contribution in [0.4, 0.5) is 11.5 Å². The Bertz CT molecular complexity index is 1100. The second-order valence-corrected chi connectivity index (χ2v) is 8.41. The first-order valence-corrected chi connectivity index (χ1v) is 11.3. The van der Waals surface area contributed by atoms with Gasteiger partial charge in [-0.1, -0.05) is 42.0 Å². The van der Waals surface area contributed by atoms with Crippen molar-refractivity contribution in [2.45, 2.75) is 57.6 Å². The number of rotatable bonds is 7. The van der Waals surface area contributed by atoms with Crippen LogP contribution in [-0.4, -0.2) is 34.7 Å². The maximum absolute atomic E-state index is 13.4. The number of carbonyl (C=O) groups excluding carboxylic acids is 1. The molecule has 1 aliphatic heterocycles. The van der Waals surface area contributed by atoms with Gasteiger partial charge in [0.25, 0.3) is 11.5 Å². The highest BCUT2D eigenvalue weighted by molar-refractivity contribution is 5.98. The topological polar surface area (TPSA) is 110 Å². The Labute approximate surface area is 186 Å². The van der Waals surface area contributed by atoms with E-state index in [1.807, 2.05) is 30.3 Å². The van der Waals surface area contributed by atoms with Crippen LogP contribution in [0.5, 0.6) is 0 Å². The number of aromatic nitrogens is 2. The zero-order valence-corrected chi connectivity index (χ0v) is 18.2. The number of nitrogens with two attached hydrogens (primary N) is 1. The minimum Gasteiger partial charge on any atom is -0.383 e. The molecule has 1 aliphatic carbocycles. The van der Waals surface area contributed by atoms with Gasteiger partial charge in [-0.2, -0.15) is 0 Å². The molecule has 1 aromatic heterocycles. The van der Waals surface area contributed by atoms with Gasteiger partial charge < -0.3 is 15.4 Å². The van der Waals surface area contributed by atoms with E-state index in [4.69, 9.17) is 10.5 Å². The molecule has 0 bridgehead atoms. The molecular formula is C24H30N4O4. The van der Waals surface area contributed by atoms with E-state index in [1.165, 1.54) is 21.5 Å². The summed E-state index contributed by atoms with van der Waals surface area (Å²) in [6.45, 7) is 1.04. The Hall–Kier alpha value is -3.13. The number of ether oxygens (including phenoxy) is 1. The fraction of sp³-hybridized carbons (Fsp3) is 0.458. The summed E-state index contributed by atoms with van der Waals surface area (Å²) in [6, 6.07) is 9.38. The van der Waals surface area contributed by atoms with E-state index in [1.54, 1.807) is 0 Å². The number of anilines is 2. The normalized spacial score (nSPS) is 18.4. The Morgan fingerprint density at radius 1 is 1.19 bits per heavy atom. The van der Waals surface area contributed by atoms with Crippen molar-refractivity contribution < 1.29 is 9.53 Å². The number of amides is 1. The fourth-order valence-corrected chi connectivity index (χ4v) is 4.43. The lowest BCUT2D eigenvalue weighted by Gasteiger charge is -2.27. The van der Waals surface area contributed by atoms with Crippen LogP contribution in [0, 0.1) is 0 Å². The van der Waals surface area contributed by atoms with Crippen LogP contribution >= 0.6 is 0 Å². The van der Waals surface area contributed by atoms with E-state index in [2.05, 4.69) is 11.1 Å². The second kappa shape index (κ2) is 9.99. The molecule has 2 aliphatic rings. The van der Waals surface area contributed by atoms with Gasteiger partial charge in [-0.3, -0.25) is 19.1 Å². The van der Waals surface area contributed by atoms with E-state index >= 15 is 0 Å². The standard InChI is InChI=1S/C24H30N4O4/c25-21-20(22(29)26-24(31)28(21)16-18-10-5-2-6-11-18)27(23(30)19-12-7-15-32-19)14-13-17-8-3-1-4-9-17/h2,5-6,8,10-11,19H,1,3-4,7,9,12-16,25H2,(H,26,29,31). The van der Waals surface area contributed by atoms with Crippen molar-refractivity contribution in [2.24, 2.45) is 0 Å². The maximum Gasteiger partial charge on any atom is 0.330 e. The first kappa shape index (κ1) is 22.1. The van der Waals surface area contributed by atoms with Gasteiger partial charge in [-0.05, 0) is 50.5 Å². The predicted octanol–water partition coefficient (Wildman–Crippen LogP) is 2.57. The molecule has 8 nitrogen and oxygen atoms in total. The van der Waals surface area contributed by atoms with E-state index < -0.39 is 17.4 Å². The highest BCUT2D eigenvalue weighted by Crippen LogP contribution is 2.25. The molecule has 1 aromatic carbocycles. The van der Waals surface area contributed by atoms with Gasteiger partial charge in [0.15, 0.2) is 5.69 Å². The summed E-state index contributed by atoms with van der Waals surface area (Å²) in [4.78, 5) is 42.6. The van der Waals surface area contributed by atoms with Gasteiger partial charge >= 0.3 is 5.69 Å². The summed E-state index contributed by atoms with van der Waals surface area (Å²) in [6.07, 6.45) is 8.06. The second-order valence-electron chi connectivity index (χ2n) is 8.41. The Morgan fingerprint density at radius 2 is 2.00 bits per heavy atom. The molecule has 0 saturated carbocycles. The Morgan fingerprint density at radius 3 is 2.69 bits per heavy atom. The lowest BCUT2D eigenvalue weighted by molar-refractivity contribution is -0.127. The fourth-order valence-electron chi connectivity index (χ4n) is 4.43. The van der Waals surface area contributed by atoms with Crippen LogP contribution in [0.25, 0.3) is 0 Å². The minimum atomic E-state index is -0.652. The number of hydrogen-bond acceptors (Lipinski definition) is 5. The average Bonchev–Trinajstić information content (AvgIpc) is 3.35. The van der Waals surface area contributed by atoms with Crippen LogP contribution in [0.2, 0.25) is 0 Å². The van der Waals surface area contributed by atoms with Gasteiger partial charge in [-0.15, -0.1) is 0 Å². The van der Waals surface area contributed by atoms with E-state index in [9.17, 15) is 14.4 Å². The summed E-state index contributed by atoms with van der Waals surface area (Å²) in [7, 11) is 0. The van der Waals surface area contributed by atoms with Crippen molar-refractivity contribution in [2.75, 3.05) is 23.8 Å². The number of hydrogen-bond donors (Lipinski definition) is 2. The van der Waals surface area contributed by atoms with Crippen LogP contribution < -0.4 is 21.9 Å². The molecule has 8 heteroatoms. The summed E-state index contributed by atoms with van der Waals surface area (Å²) in [5.41, 5.74) is 7.30. The van der Waals surface area contributed by atoms with Crippen molar-refractivity contribution in [1.82, 2.24) is 9.55 Å². The lowest BCUT2D eigenvalue weighted by atomic mass is 9.97. The Balaban J connectivity index is 1.70. The summed E-state index contributed by atoms with van der Waals surface area (Å²) < 4.78 is 6.92. The maximum atomic E-state index is 13.4. The van der Waals surface area contributed by atoms with E-state index in [0.717, 1.165) is 31.2 Å². The van der Waals surface area contributed by atoms with Crippen LogP contribution in [0.1, 0.15) is 50.5 Å². The van der Waals surface area contributed by atoms with Crippen LogP contribution in [0.3, 0.4) is 0 Å². The molecule has 2 heterocycles. The van der Waals surface area contributed by atoms with Crippen molar-refractivity contribution in [3.05, 3.63) is 68.4 Å². The number of aromatic amines is 1. The SMILES string of the molecule is Nc1c(N(CCC2=CCCCC2)C(=O)C2CCCO2)c(=O)[nH]c(=O)n1Cc1ccccc1. The number of benzene rings is 1. The third-order valence-corrected chi connectivity index (χ3v) is 6.18. The first-order valence-electron chi connectivity index (χ1n) is 11.3. The van der Waals surface area contributed by atoms with Crippen LogP contribution in [-0.2, 0) is 16.1 Å². The molecule has 0 spiro atoms. The molecule has 1 amide bonds. The molecule has 2 aromatic rings. The van der Waals surface area contributed by atoms with E-state index in [0.29, 0.717) is 26.0 Å².